The number of anilines is 1. The Morgan fingerprint density at radius 1 is 1.28 bits per heavy atom. The maximum atomic E-state index is 13.3. The predicted molar refractivity (Wildman–Crippen MR) is 69.7 cm³/mol. The second kappa shape index (κ2) is 5.07. The number of hydrogen-bond donors (Lipinski definition) is 1. The Kier molecular flexibility index (Phi) is 3.49. The summed E-state index contributed by atoms with van der Waals surface area (Å²) in [6, 6.07) is 11.2. The van der Waals surface area contributed by atoms with Gasteiger partial charge >= 0.3 is 0 Å². The van der Waals surface area contributed by atoms with Gasteiger partial charge in [-0.15, -0.1) is 0 Å². The zero-order valence-electron chi connectivity index (χ0n) is 9.15. The molecule has 0 aliphatic rings. The molecule has 90 valence electrons. The van der Waals surface area contributed by atoms with Crippen LogP contribution in [0.15, 0.2) is 40.9 Å². The van der Waals surface area contributed by atoms with E-state index in [0.717, 1.165) is 0 Å². The monoisotopic (exact) mass is 306 g/mol. The fourth-order valence-corrected chi connectivity index (χ4v) is 1.83. The first-order valence-corrected chi connectivity index (χ1v) is 5.82. The zero-order valence-corrected chi connectivity index (χ0v) is 10.7. The molecule has 0 saturated heterocycles. The van der Waals surface area contributed by atoms with E-state index < -0.39 is 5.82 Å². The van der Waals surface area contributed by atoms with E-state index in [-0.39, 0.29) is 11.4 Å². The Bertz CT molecular complexity index is 637. The van der Waals surface area contributed by atoms with Gasteiger partial charge in [-0.2, -0.15) is 5.26 Å². The number of rotatable bonds is 2. The van der Waals surface area contributed by atoms with Gasteiger partial charge in [0.05, 0.1) is 5.69 Å². The van der Waals surface area contributed by atoms with Crippen LogP contribution in [-0.2, 0) is 0 Å². The zero-order chi connectivity index (χ0) is 13.1. The van der Waals surface area contributed by atoms with Crippen LogP contribution in [0.1, 0.15) is 5.56 Å². The number of nitrogen functional groups attached to an aromatic ring is 1. The van der Waals surface area contributed by atoms with Gasteiger partial charge in [-0.1, -0.05) is 6.07 Å². The highest BCUT2D eigenvalue weighted by Gasteiger charge is 2.09. The molecular weight excluding hydrogens is 299 g/mol. The predicted octanol–water partition coefficient (Wildman–Crippen LogP) is 3.83. The van der Waals surface area contributed by atoms with Crippen molar-refractivity contribution in [3.8, 4) is 17.6 Å². The first-order valence-electron chi connectivity index (χ1n) is 5.03. The number of nitriles is 1. The first-order chi connectivity index (χ1) is 8.61. The molecule has 2 N–H and O–H groups in total. The van der Waals surface area contributed by atoms with Gasteiger partial charge in [0.25, 0.3) is 0 Å². The number of benzene rings is 2. The molecule has 0 heterocycles. The summed E-state index contributed by atoms with van der Waals surface area (Å²) in [7, 11) is 0. The lowest BCUT2D eigenvalue weighted by molar-refractivity contribution is 0.475. The molecule has 3 nitrogen and oxygen atoms in total. The Morgan fingerprint density at radius 2 is 2.06 bits per heavy atom. The van der Waals surface area contributed by atoms with Gasteiger partial charge in [0.15, 0.2) is 0 Å². The van der Waals surface area contributed by atoms with Crippen molar-refractivity contribution in [3.05, 3.63) is 52.3 Å². The highest BCUT2D eigenvalue weighted by atomic mass is 79.9. The first kappa shape index (κ1) is 12.4. The van der Waals surface area contributed by atoms with Crippen LogP contribution in [0.25, 0.3) is 0 Å². The summed E-state index contributed by atoms with van der Waals surface area (Å²) < 4.78 is 19.4. The average Bonchev–Trinajstić information content (AvgIpc) is 2.34. The van der Waals surface area contributed by atoms with Crippen LogP contribution in [0, 0.1) is 17.1 Å². The summed E-state index contributed by atoms with van der Waals surface area (Å²) in [6.45, 7) is 0. The minimum atomic E-state index is -0.555. The molecule has 0 spiro atoms. The highest BCUT2D eigenvalue weighted by molar-refractivity contribution is 9.10. The van der Waals surface area contributed by atoms with E-state index in [9.17, 15) is 4.39 Å². The molecule has 0 atom stereocenters. The van der Waals surface area contributed by atoms with Gasteiger partial charge in [0.2, 0.25) is 0 Å². The fourth-order valence-electron chi connectivity index (χ4n) is 1.40. The van der Waals surface area contributed by atoms with Crippen molar-refractivity contribution < 1.29 is 9.13 Å². The average molecular weight is 307 g/mol. The van der Waals surface area contributed by atoms with E-state index in [4.69, 9.17) is 15.7 Å². The summed E-state index contributed by atoms with van der Waals surface area (Å²) in [5.41, 5.74) is 5.78. The van der Waals surface area contributed by atoms with Crippen LogP contribution in [0.2, 0.25) is 0 Å². The number of halogens is 2. The lowest BCUT2D eigenvalue weighted by Crippen LogP contribution is -1.93. The van der Waals surface area contributed by atoms with Crippen LogP contribution in [0.5, 0.6) is 11.5 Å². The normalized spacial score (nSPS) is 9.83. The standard InChI is InChI=1S/C13H8BrFN2O/c14-10-2-1-3-13(9(10)7-16)18-8-4-5-12(17)11(15)6-8/h1-6H,17H2. The molecule has 0 unspecified atom stereocenters. The van der Waals surface area contributed by atoms with Gasteiger partial charge in [0, 0.05) is 10.5 Å². The van der Waals surface area contributed by atoms with E-state index in [2.05, 4.69) is 15.9 Å². The number of nitrogens with zero attached hydrogens (tertiary/aromatic N) is 1. The van der Waals surface area contributed by atoms with Crippen molar-refractivity contribution in [2.75, 3.05) is 5.73 Å². The van der Waals surface area contributed by atoms with Gasteiger partial charge in [-0.25, -0.2) is 4.39 Å². The van der Waals surface area contributed by atoms with Crippen molar-refractivity contribution in [1.82, 2.24) is 0 Å². The Hall–Kier alpha value is -2.06. The van der Waals surface area contributed by atoms with Crippen molar-refractivity contribution in [2.45, 2.75) is 0 Å². The van der Waals surface area contributed by atoms with E-state index in [1.165, 1.54) is 12.1 Å². The second-order valence-electron chi connectivity index (χ2n) is 3.51. The molecule has 18 heavy (non-hydrogen) atoms. The van der Waals surface area contributed by atoms with E-state index in [1.54, 1.807) is 24.3 Å². The SMILES string of the molecule is N#Cc1c(Br)cccc1Oc1ccc(N)c(F)c1. The van der Waals surface area contributed by atoms with Gasteiger partial charge in [-0.05, 0) is 40.2 Å². The summed E-state index contributed by atoms with van der Waals surface area (Å²) in [5, 5.41) is 9.02. The van der Waals surface area contributed by atoms with Gasteiger partial charge in [-0.3, -0.25) is 0 Å². The third-order valence-corrected chi connectivity index (χ3v) is 2.95. The maximum Gasteiger partial charge on any atom is 0.149 e. The molecule has 0 saturated carbocycles. The lowest BCUT2D eigenvalue weighted by atomic mass is 10.2. The summed E-state index contributed by atoms with van der Waals surface area (Å²) in [5.74, 6) is 0.0911. The van der Waals surface area contributed by atoms with Crippen molar-refractivity contribution in [3.63, 3.8) is 0 Å². The minimum absolute atomic E-state index is 0.0529. The third kappa shape index (κ3) is 2.44. The smallest absolute Gasteiger partial charge is 0.149 e. The van der Waals surface area contributed by atoms with Crippen molar-refractivity contribution >= 4 is 21.6 Å². The quantitative estimate of drug-likeness (QED) is 0.858. The largest absolute Gasteiger partial charge is 0.456 e. The molecular formula is C13H8BrFN2O. The van der Waals surface area contributed by atoms with Gasteiger partial charge < -0.3 is 10.5 Å². The Labute approximate surface area is 112 Å². The topological polar surface area (TPSA) is 59.0 Å². The van der Waals surface area contributed by atoms with Crippen molar-refractivity contribution in [1.29, 1.82) is 5.26 Å². The molecule has 2 aromatic carbocycles. The summed E-state index contributed by atoms with van der Waals surface area (Å²) in [4.78, 5) is 0. The number of nitrogens with two attached hydrogens (primary N) is 1. The van der Waals surface area contributed by atoms with Crippen LogP contribution in [-0.4, -0.2) is 0 Å². The van der Waals surface area contributed by atoms with Crippen molar-refractivity contribution in [2.24, 2.45) is 0 Å². The van der Waals surface area contributed by atoms with Crippen LogP contribution in [0.4, 0.5) is 10.1 Å². The summed E-state index contributed by atoms with van der Waals surface area (Å²) in [6.07, 6.45) is 0. The number of hydrogen-bond acceptors (Lipinski definition) is 3. The Balaban J connectivity index is 2.37. The highest BCUT2D eigenvalue weighted by Crippen LogP contribution is 2.30. The van der Waals surface area contributed by atoms with E-state index in [0.29, 0.717) is 15.8 Å². The molecule has 0 bridgehead atoms. The summed E-state index contributed by atoms with van der Waals surface area (Å²) >= 11 is 3.25. The molecule has 0 aliphatic heterocycles. The molecule has 2 aromatic rings. The molecule has 0 aromatic heterocycles. The Morgan fingerprint density at radius 3 is 2.72 bits per heavy atom. The van der Waals surface area contributed by atoms with E-state index in [1.807, 2.05) is 6.07 Å². The van der Waals surface area contributed by atoms with Crippen LogP contribution >= 0.6 is 15.9 Å². The lowest BCUT2D eigenvalue weighted by Gasteiger charge is -2.08. The third-order valence-electron chi connectivity index (χ3n) is 2.29. The van der Waals surface area contributed by atoms with E-state index >= 15 is 0 Å². The maximum absolute atomic E-state index is 13.3. The molecule has 0 amide bonds. The van der Waals surface area contributed by atoms with Crippen LogP contribution in [0.3, 0.4) is 0 Å². The molecule has 0 fully saturated rings. The fraction of sp³-hybridized carbons (Fsp3) is 0. The number of ether oxygens (including phenoxy) is 1. The van der Waals surface area contributed by atoms with Crippen LogP contribution < -0.4 is 10.5 Å². The molecule has 0 aliphatic carbocycles. The molecule has 0 radical (unpaired) electrons. The second-order valence-corrected chi connectivity index (χ2v) is 4.36. The minimum Gasteiger partial charge on any atom is -0.456 e. The molecule has 2 rings (SSSR count). The van der Waals surface area contributed by atoms with Gasteiger partial charge in [0.1, 0.15) is 28.9 Å². The molecule has 5 heteroatoms.